The van der Waals surface area contributed by atoms with E-state index in [4.69, 9.17) is 5.11 Å². The average Bonchev–Trinajstić information content (AvgIpc) is 2.55. The number of nitrogens with zero attached hydrogens (tertiary/aromatic N) is 2. The van der Waals surface area contributed by atoms with Crippen LogP contribution in [0.15, 0.2) is 6.20 Å². The van der Waals surface area contributed by atoms with Gasteiger partial charge in [0.2, 0.25) is 0 Å². The number of esters is 1. The number of aliphatic carboxylic acids is 1. The lowest BCUT2D eigenvalue weighted by Gasteiger charge is -1.97. The van der Waals surface area contributed by atoms with Crippen LogP contribution in [0.4, 0.5) is 0 Å². The molecule has 6 heteroatoms. The summed E-state index contributed by atoms with van der Waals surface area (Å²) in [6.45, 7) is 0. The molecule has 0 aliphatic rings. The highest BCUT2D eigenvalue weighted by Gasteiger charge is 2.16. The molecular formula is C9H12N2O4. The number of methoxy groups -OCH3 is 1. The number of hydrogen-bond donors (Lipinski definition) is 1. The SMILES string of the molecule is COC(=O)c1nn(C)cc1CCC(=O)O. The first-order valence-electron chi connectivity index (χ1n) is 4.37. The second kappa shape index (κ2) is 4.59. The van der Waals surface area contributed by atoms with Crippen molar-refractivity contribution in [3.8, 4) is 0 Å². The molecule has 1 rings (SSSR count). The molecule has 0 saturated carbocycles. The summed E-state index contributed by atoms with van der Waals surface area (Å²) in [5.41, 5.74) is 0.771. The highest BCUT2D eigenvalue weighted by atomic mass is 16.5. The Hall–Kier alpha value is -1.85. The molecule has 0 amide bonds. The van der Waals surface area contributed by atoms with E-state index < -0.39 is 11.9 Å². The second-order valence-corrected chi connectivity index (χ2v) is 3.06. The number of aromatic nitrogens is 2. The number of ether oxygens (including phenoxy) is 1. The zero-order chi connectivity index (χ0) is 11.4. The molecule has 0 spiro atoms. The number of hydrogen-bond acceptors (Lipinski definition) is 4. The minimum atomic E-state index is -0.908. The zero-order valence-corrected chi connectivity index (χ0v) is 8.56. The molecule has 0 radical (unpaired) electrons. The van der Waals surface area contributed by atoms with Gasteiger partial charge in [-0.15, -0.1) is 0 Å². The first-order valence-corrected chi connectivity index (χ1v) is 4.37. The van der Waals surface area contributed by atoms with E-state index >= 15 is 0 Å². The Morgan fingerprint density at radius 1 is 1.60 bits per heavy atom. The highest BCUT2D eigenvalue weighted by Crippen LogP contribution is 2.10. The van der Waals surface area contributed by atoms with Gasteiger partial charge in [0.25, 0.3) is 0 Å². The molecule has 0 bridgehead atoms. The first kappa shape index (κ1) is 11.2. The molecule has 0 unspecified atom stereocenters. The van der Waals surface area contributed by atoms with Gasteiger partial charge in [-0.25, -0.2) is 4.79 Å². The Balaban J connectivity index is 2.86. The van der Waals surface area contributed by atoms with Gasteiger partial charge in [-0.3, -0.25) is 9.48 Å². The van der Waals surface area contributed by atoms with Crippen LogP contribution in [0.25, 0.3) is 0 Å². The number of carbonyl (C=O) groups is 2. The Bertz CT molecular complexity index is 383. The fourth-order valence-corrected chi connectivity index (χ4v) is 1.23. The molecule has 15 heavy (non-hydrogen) atoms. The maximum absolute atomic E-state index is 11.2. The van der Waals surface area contributed by atoms with Crippen molar-refractivity contribution in [1.29, 1.82) is 0 Å². The van der Waals surface area contributed by atoms with Crippen LogP contribution in [0.2, 0.25) is 0 Å². The largest absolute Gasteiger partial charge is 0.481 e. The molecule has 0 atom stereocenters. The van der Waals surface area contributed by atoms with Gasteiger partial charge in [0.05, 0.1) is 7.11 Å². The van der Waals surface area contributed by atoms with Gasteiger partial charge in [-0.2, -0.15) is 5.10 Å². The monoisotopic (exact) mass is 212 g/mol. The van der Waals surface area contributed by atoms with Gasteiger partial charge in [0, 0.05) is 25.2 Å². The van der Waals surface area contributed by atoms with E-state index in [-0.39, 0.29) is 18.5 Å². The van der Waals surface area contributed by atoms with E-state index in [1.54, 1.807) is 13.2 Å². The third kappa shape index (κ3) is 2.80. The number of carboxylic acids is 1. The van der Waals surface area contributed by atoms with Gasteiger partial charge < -0.3 is 9.84 Å². The number of aryl methyl sites for hydroxylation is 2. The van der Waals surface area contributed by atoms with Gasteiger partial charge in [0.15, 0.2) is 5.69 Å². The van der Waals surface area contributed by atoms with Crippen LogP contribution in [0.3, 0.4) is 0 Å². The van der Waals surface area contributed by atoms with E-state index in [2.05, 4.69) is 9.84 Å². The normalized spacial score (nSPS) is 10.0. The lowest BCUT2D eigenvalue weighted by Crippen LogP contribution is -2.07. The summed E-state index contributed by atoms with van der Waals surface area (Å²) in [5.74, 6) is -1.45. The molecule has 1 aromatic rings. The maximum Gasteiger partial charge on any atom is 0.358 e. The average molecular weight is 212 g/mol. The molecule has 0 aliphatic heterocycles. The van der Waals surface area contributed by atoms with Gasteiger partial charge in [-0.05, 0) is 6.42 Å². The third-order valence-electron chi connectivity index (χ3n) is 1.89. The molecule has 0 aliphatic carbocycles. The standard InChI is InChI=1S/C9H12N2O4/c1-11-5-6(3-4-7(12)13)8(10-11)9(14)15-2/h5H,3-4H2,1-2H3,(H,12,13). The summed E-state index contributed by atoms with van der Waals surface area (Å²) >= 11 is 0. The zero-order valence-electron chi connectivity index (χ0n) is 8.56. The van der Waals surface area contributed by atoms with Crippen molar-refractivity contribution < 1.29 is 19.4 Å². The molecule has 0 fully saturated rings. The van der Waals surface area contributed by atoms with Crippen molar-refractivity contribution in [3.63, 3.8) is 0 Å². The van der Waals surface area contributed by atoms with Crippen LogP contribution >= 0.6 is 0 Å². The Kier molecular flexibility index (Phi) is 3.43. The minimum absolute atomic E-state index is 0.0321. The summed E-state index contributed by atoms with van der Waals surface area (Å²) in [5, 5.41) is 12.4. The third-order valence-corrected chi connectivity index (χ3v) is 1.89. The summed E-state index contributed by atoms with van der Waals surface area (Å²) in [6.07, 6.45) is 1.86. The summed E-state index contributed by atoms with van der Waals surface area (Å²) in [7, 11) is 2.93. The van der Waals surface area contributed by atoms with Gasteiger partial charge in [-0.1, -0.05) is 0 Å². The molecule has 1 heterocycles. The first-order chi connectivity index (χ1) is 7.04. The molecule has 82 valence electrons. The molecule has 1 N–H and O–H groups in total. The molecule has 0 saturated heterocycles. The van der Waals surface area contributed by atoms with Crippen molar-refractivity contribution in [2.75, 3.05) is 7.11 Å². The maximum atomic E-state index is 11.2. The Labute approximate surface area is 86.5 Å². The number of carboxylic acid groups (broad SMARTS) is 1. The Morgan fingerprint density at radius 2 is 2.27 bits per heavy atom. The van der Waals surface area contributed by atoms with E-state index in [1.165, 1.54) is 11.8 Å². The fourth-order valence-electron chi connectivity index (χ4n) is 1.23. The lowest BCUT2D eigenvalue weighted by molar-refractivity contribution is -0.136. The fraction of sp³-hybridized carbons (Fsp3) is 0.444. The van der Waals surface area contributed by atoms with E-state index in [9.17, 15) is 9.59 Å². The summed E-state index contributed by atoms with van der Waals surface area (Å²) in [4.78, 5) is 21.6. The lowest BCUT2D eigenvalue weighted by atomic mass is 10.1. The highest BCUT2D eigenvalue weighted by molar-refractivity contribution is 5.88. The molecule has 6 nitrogen and oxygen atoms in total. The van der Waals surface area contributed by atoms with E-state index in [0.717, 1.165) is 0 Å². The van der Waals surface area contributed by atoms with Crippen molar-refractivity contribution in [2.24, 2.45) is 7.05 Å². The van der Waals surface area contributed by atoms with Crippen LogP contribution in [0, 0.1) is 0 Å². The molecule has 1 aromatic heterocycles. The summed E-state index contributed by atoms with van der Waals surface area (Å²) in [6, 6.07) is 0. The van der Waals surface area contributed by atoms with Gasteiger partial charge in [0.1, 0.15) is 0 Å². The van der Waals surface area contributed by atoms with Crippen molar-refractivity contribution >= 4 is 11.9 Å². The predicted octanol–water partition coefficient (Wildman–Crippen LogP) is 0.224. The quantitative estimate of drug-likeness (QED) is 0.722. The predicted molar refractivity (Wildman–Crippen MR) is 50.5 cm³/mol. The summed E-state index contributed by atoms with van der Waals surface area (Å²) < 4.78 is 6.00. The van der Waals surface area contributed by atoms with Crippen LogP contribution in [-0.2, 0) is 23.0 Å². The van der Waals surface area contributed by atoms with E-state index in [0.29, 0.717) is 5.56 Å². The van der Waals surface area contributed by atoms with Crippen LogP contribution in [0.5, 0.6) is 0 Å². The van der Waals surface area contributed by atoms with Crippen molar-refractivity contribution in [2.45, 2.75) is 12.8 Å². The van der Waals surface area contributed by atoms with Gasteiger partial charge >= 0.3 is 11.9 Å². The second-order valence-electron chi connectivity index (χ2n) is 3.06. The van der Waals surface area contributed by atoms with Crippen LogP contribution < -0.4 is 0 Å². The smallest absolute Gasteiger partial charge is 0.358 e. The number of rotatable bonds is 4. The Morgan fingerprint density at radius 3 is 2.80 bits per heavy atom. The van der Waals surface area contributed by atoms with E-state index in [1.807, 2.05) is 0 Å². The topological polar surface area (TPSA) is 81.4 Å². The van der Waals surface area contributed by atoms with Crippen LogP contribution in [0.1, 0.15) is 22.5 Å². The minimum Gasteiger partial charge on any atom is -0.481 e. The van der Waals surface area contributed by atoms with Crippen molar-refractivity contribution in [3.05, 3.63) is 17.5 Å². The van der Waals surface area contributed by atoms with Crippen LogP contribution in [-0.4, -0.2) is 33.9 Å². The number of carbonyl (C=O) groups excluding carboxylic acids is 1. The molecule has 0 aromatic carbocycles. The van der Waals surface area contributed by atoms with Crippen molar-refractivity contribution in [1.82, 2.24) is 9.78 Å². The molecular weight excluding hydrogens is 200 g/mol.